The van der Waals surface area contributed by atoms with Crippen molar-refractivity contribution in [2.45, 2.75) is 39.7 Å². The highest BCUT2D eigenvalue weighted by molar-refractivity contribution is 5.30. The van der Waals surface area contributed by atoms with Gasteiger partial charge >= 0.3 is 0 Å². The Hall–Kier alpha value is -0.860. The van der Waals surface area contributed by atoms with Crippen molar-refractivity contribution in [1.29, 1.82) is 0 Å². The number of piperidine rings is 1. The number of rotatable bonds is 5. The molecule has 1 fully saturated rings. The largest absolute Gasteiger partial charge is 0.317 e. The maximum Gasteiger partial charge on any atom is 0.0233 e. The first-order valence-electron chi connectivity index (χ1n) is 7.60. The average molecular weight is 260 g/mol. The first-order chi connectivity index (χ1) is 9.15. The molecule has 0 unspecified atom stereocenters. The predicted octanol–water partition coefficient (Wildman–Crippen LogP) is 3.12. The van der Waals surface area contributed by atoms with Gasteiger partial charge in [-0.3, -0.25) is 0 Å². The molecule has 0 bridgehead atoms. The van der Waals surface area contributed by atoms with Gasteiger partial charge in [-0.25, -0.2) is 0 Å². The Morgan fingerprint density at radius 3 is 2.63 bits per heavy atom. The fourth-order valence-electron chi connectivity index (χ4n) is 2.97. The average Bonchev–Trinajstić information content (AvgIpc) is 2.41. The van der Waals surface area contributed by atoms with E-state index >= 15 is 0 Å². The molecule has 1 aliphatic heterocycles. The van der Waals surface area contributed by atoms with Gasteiger partial charge in [0.25, 0.3) is 0 Å². The molecule has 2 nitrogen and oxygen atoms in total. The molecule has 1 saturated heterocycles. The highest BCUT2D eigenvalue weighted by Crippen LogP contribution is 2.17. The minimum atomic E-state index is 0.933. The van der Waals surface area contributed by atoms with E-state index in [-0.39, 0.29) is 0 Å². The molecule has 0 radical (unpaired) electrons. The quantitative estimate of drug-likeness (QED) is 0.875. The fraction of sp³-hybridized carbons (Fsp3) is 0.647. The molecule has 0 aromatic heterocycles. The van der Waals surface area contributed by atoms with E-state index in [1.807, 2.05) is 0 Å². The number of nitrogens with one attached hydrogen (secondary N) is 1. The van der Waals surface area contributed by atoms with Crippen LogP contribution in [0.25, 0.3) is 0 Å². The topological polar surface area (TPSA) is 15.3 Å². The van der Waals surface area contributed by atoms with E-state index in [1.54, 1.807) is 0 Å². The highest BCUT2D eigenvalue weighted by Gasteiger charge is 2.13. The van der Waals surface area contributed by atoms with E-state index in [4.69, 9.17) is 0 Å². The van der Waals surface area contributed by atoms with Crippen LogP contribution in [-0.2, 0) is 6.54 Å². The van der Waals surface area contributed by atoms with Crippen molar-refractivity contribution < 1.29 is 0 Å². The van der Waals surface area contributed by atoms with E-state index in [0.29, 0.717) is 0 Å². The van der Waals surface area contributed by atoms with Gasteiger partial charge in [0.2, 0.25) is 0 Å². The third-order valence-corrected chi connectivity index (χ3v) is 4.32. The third kappa shape index (κ3) is 4.63. The van der Waals surface area contributed by atoms with Crippen LogP contribution in [0.5, 0.6) is 0 Å². The second kappa shape index (κ2) is 7.06. The van der Waals surface area contributed by atoms with Gasteiger partial charge in [0.1, 0.15) is 0 Å². The molecule has 0 atom stereocenters. The molecule has 0 spiro atoms. The molecule has 0 aliphatic carbocycles. The van der Waals surface area contributed by atoms with Gasteiger partial charge in [-0.1, -0.05) is 23.8 Å². The smallest absolute Gasteiger partial charge is 0.0233 e. The van der Waals surface area contributed by atoms with E-state index in [1.165, 1.54) is 55.6 Å². The van der Waals surface area contributed by atoms with E-state index in [2.05, 4.69) is 49.3 Å². The van der Waals surface area contributed by atoms with Crippen LogP contribution in [0.4, 0.5) is 0 Å². The fourth-order valence-corrected chi connectivity index (χ4v) is 2.97. The standard InChI is InChI=1S/C17H28N2/c1-14-4-5-17(15(2)12-14)13-19(3)11-8-16-6-9-18-10-7-16/h4-5,12,16,18H,6-11,13H2,1-3H3. The first kappa shape index (κ1) is 14.5. The van der Waals surface area contributed by atoms with Gasteiger partial charge in [-0.15, -0.1) is 0 Å². The maximum absolute atomic E-state index is 3.44. The lowest BCUT2D eigenvalue weighted by atomic mass is 9.94. The number of benzene rings is 1. The van der Waals surface area contributed by atoms with Crippen LogP contribution in [0, 0.1) is 19.8 Å². The van der Waals surface area contributed by atoms with E-state index in [0.717, 1.165) is 12.5 Å². The van der Waals surface area contributed by atoms with E-state index in [9.17, 15) is 0 Å². The van der Waals surface area contributed by atoms with Crippen LogP contribution < -0.4 is 5.32 Å². The molecule has 1 aliphatic rings. The van der Waals surface area contributed by atoms with Gasteiger partial charge in [-0.05, 0) is 76.8 Å². The number of aryl methyl sites for hydroxylation is 2. The SMILES string of the molecule is Cc1ccc(CN(C)CCC2CCNCC2)c(C)c1. The van der Waals surface area contributed by atoms with Crippen LogP contribution in [-0.4, -0.2) is 31.6 Å². The zero-order chi connectivity index (χ0) is 13.7. The summed E-state index contributed by atoms with van der Waals surface area (Å²) in [4.78, 5) is 2.47. The zero-order valence-electron chi connectivity index (χ0n) is 12.7. The van der Waals surface area contributed by atoms with Crippen molar-refractivity contribution in [3.05, 3.63) is 34.9 Å². The summed E-state index contributed by atoms with van der Waals surface area (Å²) in [6, 6.07) is 6.80. The van der Waals surface area contributed by atoms with Crippen molar-refractivity contribution in [3.8, 4) is 0 Å². The molecule has 0 saturated carbocycles. The predicted molar refractivity (Wildman–Crippen MR) is 82.5 cm³/mol. The Labute approximate surface area is 118 Å². The summed E-state index contributed by atoms with van der Waals surface area (Å²) >= 11 is 0. The van der Waals surface area contributed by atoms with Crippen LogP contribution in [0.1, 0.15) is 36.0 Å². The van der Waals surface area contributed by atoms with Crippen molar-refractivity contribution in [1.82, 2.24) is 10.2 Å². The van der Waals surface area contributed by atoms with Crippen LogP contribution in [0.15, 0.2) is 18.2 Å². The monoisotopic (exact) mass is 260 g/mol. The highest BCUT2D eigenvalue weighted by atomic mass is 15.1. The maximum atomic E-state index is 3.44. The Balaban J connectivity index is 1.78. The van der Waals surface area contributed by atoms with Crippen LogP contribution in [0.3, 0.4) is 0 Å². The lowest BCUT2D eigenvalue weighted by molar-refractivity contribution is 0.265. The van der Waals surface area contributed by atoms with Gasteiger partial charge in [0, 0.05) is 6.54 Å². The van der Waals surface area contributed by atoms with Crippen LogP contribution in [0.2, 0.25) is 0 Å². The van der Waals surface area contributed by atoms with Gasteiger partial charge in [-0.2, -0.15) is 0 Å². The Morgan fingerprint density at radius 2 is 1.95 bits per heavy atom. The van der Waals surface area contributed by atoms with Crippen LogP contribution >= 0.6 is 0 Å². The molecular formula is C17H28N2. The zero-order valence-corrected chi connectivity index (χ0v) is 12.7. The van der Waals surface area contributed by atoms with Crippen molar-refractivity contribution in [3.63, 3.8) is 0 Å². The summed E-state index contributed by atoms with van der Waals surface area (Å²) in [7, 11) is 2.25. The molecule has 1 aromatic rings. The molecule has 2 heteroatoms. The molecule has 1 heterocycles. The van der Waals surface area contributed by atoms with Gasteiger partial charge in [0.15, 0.2) is 0 Å². The summed E-state index contributed by atoms with van der Waals surface area (Å²) in [5, 5.41) is 3.44. The summed E-state index contributed by atoms with van der Waals surface area (Å²) in [5.74, 6) is 0.933. The molecular weight excluding hydrogens is 232 g/mol. The Kier molecular flexibility index (Phi) is 5.41. The second-order valence-electron chi connectivity index (χ2n) is 6.15. The second-order valence-corrected chi connectivity index (χ2v) is 6.15. The molecule has 1 aromatic carbocycles. The minimum Gasteiger partial charge on any atom is -0.317 e. The molecule has 106 valence electrons. The summed E-state index contributed by atoms with van der Waals surface area (Å²) in [6.45, 7) is 9.12. The summed E-state index contributed by atoms with van der Waals surface area (Å²) in [6.07, 6.45) is 4.07. The molecule has 1 N–H and O–H groups in total. The number of hydrogen-bond acceptors (Lipinski definition) is 2. The Morgan fingerprint density at radius 1 is 1.21 bits per heavy atom. The number of hydrogen-bond donors (Lipinski definition) is 1. The Bertz CT molecular complexity index is 394. The minimum absolute atomic E-state index is 0.933. The van der Waals surface area contributed by atoms with E-state index < -0.39 is 0 Å². The molecule has 19 heavy (non-hydrogen) atoms. The lowest BCUT2D eigenvalue weighted by Gasteiger charge is -2.25. The van der Waals surface area contributed by atoms with Gasteiger partial charge < -0.3 is 10.2 Å². The third-order valence-electron chi connectivity index (χ3n) is 4.32. The van der Waals surface area contributed by atoms with Gasteiger partial charge in [0.05, 0.1) is 0 Å². The normalized spacial score (nSPS) is 17.1. The molecule has 2 rings (SSSR count). The number of nitrogens with zero attached hydrogens (tertiary/aromatic N) is 1. The summed E-state index contributed by atoms with van der Waals surface area (Å²) in [5.41, 5.74) is 4.26. The van der Waals surface area contributed by atoms with Crippen molar-refractivity contribution >= 4 is 0 Å². The summed E-state index contributed by atoms with van der Waals surface area (Å²) < 4.78 is 0. The van der Waals surface area contributed by atoms with Crippen molar-refractivity contribution in [2.24, 2.45) is 5.92 Å². The lowest BCUT2D eigenvalue weighted by Crippen LogP contribution is -2.30. The molecule has 0 amide bonds. The van der Waals surface area contributed by atoms with Crippen molar-refractivity contribution in [2.75, 3.05) is 26.7 Å². The first-order valence-corrected chi connectivity index (χ1v) is 7.60.